The predicted molar refractivity (Wildman–Crippen MR) is 108 cm³/mol. The maximum atomic E-state index is 14.1. The van der Waals surface area contributed by atoms with E-state index in [0.717, 1.165) is 18.4 Å². The van der Waals surface area contributed by atoms with Gasteiger partial charge in [0, 0.05) is 17.1 Å². The Labute approximate surface area is 160 Å². The number of nitrogens with zero attached hydrogens (tertiary/aromatic N) is 2. The Morgan fingerprint density at radius 3 is 2.75 bits per heavy atom. The number of anilines is 1. The standard InChI is InChI=1S/C21H20FN5O/c1-10-13(11-4-2-3-5-11)8-24-20-16(17(23)21(28)26-18(10)20)12-6-7-15(22)19-14(12)9-25-27-19/h6-9,11H,2-5,23H2,1H3,(H,25,27)(H,26,28). The molecule has 1 saturated carbocycles. The fraction of sp³-hybridized carbons (Fsp3) is 0.286. The molecule has 1 fully saturated rings. The number of aromatic nitrogens is 4. The highest BCUT2D eigenvalue weighted by Gasteiger charge is 2.23. The molecule has 1 aliphatic carbocycles. The fourth-order valence-electron chi connectivity index (χ4n) is 4.52. The molecule has 0 spiro atoms. The third-order valence-corrected chi connectivity index (χ3v) is 6.00. The highest BCUT2D eigenvalue weighted by molar-refractivity contribution is 6.06. The van der Waals surface area contributed by atoms with Crippen molar-refractivity contribution < 1.29 is 4.39 Å². The van der Waals surface area contributed by atoms with Gasteiger partial charge in [0.15, 0.2) is 0 Å². The van der Waals surface area contributed by atoms with Gasteiger partial charge in [-0.15, -0.1) is 0 Å². The Bertz CT molecular complexity index is 1280. The molecule has 4 N–H and O–H groups in total. The van der Waals surface area contributed by atoms with Gasteiger partial charge in [-0.1, -0.05) is 18.9 Å². The Balaban J connectivity index is 1.85. The number of aryl methyl sites for hydroxylation is 1. The molecule has 0 unspecified atom stereocenters. The first kappa shape index (κ1) is 16.9. The predicted octanol–water partition coefficient (Wildman–Crippen LogP) is 4.15. The zero-order valence-corrected chi connectivity index (χ0v) is 15.5. The molecule has 0 saturated heterocycles. The number of fused-ring (bicyclic) bond motifs is 2. The molecule has 6 nitrogen and oxygen atoms in total. The first-order chi connectivity index (χ1) is 13.6. The van der Waals surface area contributed by atoms with E-state index >= 15 is 0 Å². The summed E-state index contributed by atoms with van der Waals surface area (Å²) in [6.45, 7) is 2.02. The molecule has 0 atom stereocenters. The highest BCUT2D eigenvalue weighted by atomic mass is 19.1. The number of nitrogen functional groups attached to an aromatic ring is 1. The second kappa shape index (κ2) is 6.15. The maximum Gasteiger partial charge on any atom is 0.272 e. The third-order valence-electron chi connectivity index (χ3n) is 6.00. The molecular formula is C21H20FN5O. The van der Waals surface area contributed by atoms with E-state index in [1.165, 1.54) is 24.5 Å². The quantitative estimate of drug-likeness (QED) is 0.488. The van der Waals surface area contributed by atoms with Crippen LogP contribution >= 0.6 is 0 Å². The number of pyridine rings is 2. The van der Waals surface area contributed by atoms with E-state index in [0.29, 0.717) is 33.5 Å². The normalized spacial score (nSPS) is 15.1. The zero-order chi connectivity index (χ0) is 19.4. The maximum absolute atomic E-state index is 14.1. The minimum atomic E-state index is -0.406. The fourth-order valence-corrected chi connectivity index (χ4v) is 4.52. The van der Waals surface area contributed by atoms with Gasteiger partial charge in [-0.05, 0) is 48.4 Å². The Morgan fingerprint density at radius 2 is 1.96 bits per heavy atom. The zero-order valence-electron chi connectivity index (χ0n) is 15.5. The molecule has 1 aromatic carbocycles. The molecule has 4 aromatic rings. The van der Waals surface area contributed by atoms with Gasteiger partial charge in [-0.3, -0.25) is 14.9 Å². The lowest BCUT2D eigenvalue weighted by Crippen LogP contribution is -2.15. The smallest absolute Gasteiger partial charge is 0.272 e. The van der Waals surface area contributed by atoms with Gasteiger partial charge in [0.1, 0.15) is 17.0 Å². The molecule has 3 aromatic heterocycles. The number of aromatic amines is 2. The summed E-state index contributed by atoms with van der Waals surface area (Å²) in [5.41, 5.74) is 10.9. The Kier molecular flexibility index (Phi) is 3.72. The van der Waals surface area contributed by atoms with Crippen molar-refractivity contribution in [2.45, 2.75) is 38.5 Å². The lowest BCUT2D eigenvalue weighted by Gasteiger charge is -2.17. The summed E-state index contributed by atoms with van der Waals surface area (Å²) in [6.07, 6.45) is 8.19. The topological polar surface area (TPSA) is 100 Å². The molecule has 3 heterocycles. The summed E-state index contributed by atoms with van der Waals surface area (Å²) in [5, 5.41) is 7.19. The van der Waals surface area contributed by atoms with Gasteiger partial charge in [-0.25, -0.2) is 4.39 Å². The number of H-pyrrole nitrogens is 2. The van der Waals surface area contributed by atoms with Crippen LogP contribution in [0.3, 0.4) is 0 Å². The first-order valence-corrected chi connectivity index (χ1v) is 9.49. The van der Waals surface area contributed by atoms with Crippen molar-refractivity contribution in [3.8, 4) is 11.1 Å². The van der Waals surface area contributed by atoms with Gasteiger partial charge in [-0.2, -0.15) is 5.10 Å². The van der Waals surface area contributed by atoms with Crippen molar-refractivity contribution in [1.29, 1.82) is 0 Å². The SMILES string of the molecule is Cc1c(C2CCCC2)cnc2c(-c3ccc(F)c4[nH]ncc34)c(N)c(=O)[nH]c12. The van der Waals surface area contributed by atoms with E-state index < -0.39 is 5.82 Å². The monoisotopic (exact) mass is 377 g/mol. The van der Waals surface area contributed by atoms with E-state index in [1.807, 2.05) is 13.1 Å². The van der Waals surface area contributed by atoms with Crippen LogP contribution in [0.5, 0.6) is 0 Å². The van der Waals surface area contributed by atoms with Crippen LogP contribution in [0.25, 0.3) is 33.1 Å². The molecular weight excluding hydrogens is 357 g/mol. The van der Waals surface area contributed by atoms with Crippen molar-refractivity contribution in [2.24, 2.45) is 0 Å². The van der Waals surface area contributed by atoms with Gasteiger partial charge in [0.05, 0.1) is 17.2 Å². The average molecular weight is 377 g/mol. The summed E-state index contributed by atoms with van der Waals surface area (Å²) in [6, 6.07) is 2.97. The molecule has 7 heteroatoms. The average Bonchev–Trinajstić information content (AvgIpc) is 3.37. The molecule has 0 aliphatic heterocycles. The van der Waals surface area contributed by atoms with E-state index in [-0.39, 0.29) is 16.8 Å². The van der Waals surface area contributed by atoms with Crippen LogP contribution in [0, 0.1) is 12.7 Å². The minimum absolute atomic E-state index is 0.0714. The Hall–Kier alpha value is -3.22. The highest BCUT2D eigenvalue weighted by Crippen LogP contribution is 2.40. The van der Waals surface area contributed by atoms with Gasteiger partial charge < -0.3 is 10.7 Å². The second-order valence-electron chi connectivity index (χ2n) is 7.54. The molecule has 28 heavy (non-hydrogen) atoms. The second-order valence-corrected chi connectivity index (χ2v) is 7.54. The van der Waals surface area contributed by atoms with Crippen molar-refractivity contribution in [1.82, 2.24) is 20.2 Å². The van der Waals surface area contributed by atoms with Crippen LogP contribution in [-0.2, 0) is 0 Å². The van der Waals surface area contributed by atoms with Crippen LogP contribution in [0.2, 0.25) is 0 Å². The van der Waals surface area contributed by atoms with E-state index in [9.17, 15) is 9.18 Å². The van der Waals surface area contributed by atoms with Crippen LogP contribution < -0.4 is 11.3 Å². The molecule has 142 valence electrons. The van der Waals surface area contributed by atoms with E-state index in [2.05, 4.69) is 15.2 Å². The van der Waals surface area contributed by atoms with Crippen molar-refractivity contribution in [2.75, 3.05) is 5.73 Å². The van der Waals surface area contributed by atoms with Gasteiger partial charge in [0.25, 0.3) is 5.56 Å². The number of nitrogens with one attached hydrogen (secondary N) is 2. The summed E-state index contributed by atoms with van der Waals surface area (Å²) in [4.78, 5) is 20.3. The number of benzene rings is 1. The lowest BCUT2D eigenvalue weighted by atomic mass is 9.92. The van der Waals surface area contributed by atoms with Gasteiger partial charge in [0.2, 0.25) is 0 Å². The van der Waals surface area contributed by atoms with E-state index in [1.54, 1.807) is 12.3 Å². The molecule has 0 amide bonds. The van der Waals surface area contributed by atoms with E-state index in [4.69, 9.17) is 10.7 Å². The molecule has 1 aliphatic rings. The number of hydrogen-bond acceptors (Lipinski definition) is 4. The number of nitrogens with two attached hydrogens (primary N) is 1. The van der Waals surface area contributed by atoms with Crippen molar-refractivity contribution >= 4 is 27.6 Å². The Morgan fingerprint density at radius 1 is 1.18 bits per heavy atom. The summed E-state index contributed by atoms with van der Waals surface area (Å²) in [7, 11) is 0. The van der Waals surface area contributed by atoms with Crippen LogP contribution in [-0.4, -0.2) is 20.2 Å². The first-order valence-electron chi connectivity index (χ1n) is 9.49. The summed E-state index contributed by atoms with van der Waals surface area (Å²) in [5.74, 6) is 0.0735. The molecule has 0 radical (unpaired) electrons. The van der Waals surface area contributed by atoms with Crippen LogP contribution in [0.4, 0.5) is 10.1 Å². The summed E-state index contributed by atoms with van der Waals surface area (Å²) < 4.78 is 14.1. The number of halogens is 1. The largest absolute Gasteiger partial charge is 0.394 e. The van der Waals surface area contributed by atoms with Crippen molar-refractivity contribution in [3.63, 3.8) is 0 Å². The van der Waals surface area contributed by atoms with Crippen LogP contribution in [0.15, 0.2) is 29.3 Å². The van der Waals surface area contributed by atoms with Crippen molar-refractivity contribution in [3.05, 3.63) is 51.8 Å². The minimum Gasteiger partial charge on any atom is -0.394 e. The number of rotatable bonds is 2. The third kappa shape index (κ3) is 2.35. The van der Waals surface area contributed by atoms with Crippen LogP contribution in [0.1, 0.15) is 42.7 Å². The summed E-state index contributed by atoms with van der Waals surface area (Å²) >= 11 is 0. The van der Waals surface area contributed by atoms with Gasteiger partial charge >= 0.3 is 0 Å². The number of hydrogen-bond donors (Lipinski definition) is 3. The molecule has 0 bridgehead atoms. The molecule has 5 rings (SSSR count). The lowest BCUT2D eigenvalue weighted by molar-refractivity contribution is 0.636.